The van der Waals surface area contributed by atoms with E-state index in [1.54, 1.807) is 0 Å². The van der Waals surface area contributed by atoms with Gasteiger partial charge in [-0.25, -0.2) is 0 Å². The van der Waals surface area contributed by atoms with Crippen molar-refractivity contribution in [3.63, 3.8) is 0 Å². The van der Waals surface area contributed by atoms with Gasteiger partial charge in [0.2, 0.25) is 0 Å². The van der Waals surface area contributed by atoms with Crippen molar-refractivity contribution < 1.29 is 0 Å². The first-order chi connectivity index (χ1) is 10.8. The van der Waals surface area contributed by atoms with Crippen molar-refractivity contribution in [3.05, 3.63) is 59.2 Å². The lowest BCUT2D eigenvalue weighted by Gasteiger charge is -2.19. The summed E-state index contributed by atoms with van der Waals surface area (Å²) in [6, 6.07) is 15.6. The predicted octanol–water partition coefficient (Wildman–Crippen LogP) is 8.36. The maximum atomic E-state index is 3.59. The fourth-order valence-electron chi connectivity index (χ4n) is 2.25. The molecule has 0 atom stereocenters. The van der Waals surface area contributed by atoms with Crippen LogP contribution in [0.4, 0.5) is 0 Å². The smallest absolute Gasteiger partial charge is 0.0876 e. The molecule has 0 N–H and O–H groups in total. The van der Waals surface area contributed by atoms with Crippen molar-refractivity contribution in [2.75, 3.05) is 0 Å². The molecule has 0 radical (unpaired) electrons. The van der Waals surface area contributed by atoms with E-state index in [9.17, 15) is 0 Å². The summed E-state index contributed by atoms with van der Waals surface area (Å²) < 4.78 is 0.177. The first-order valence-electron chi connectivity index (χ1n) is 7.90. The van der Waals surface area contributed by atoms with Crippen LogP contribution < -0.4 is 0 Å². The van der Waals surface area contributed by atoms with Gasteiger partial charge in [0.15, 0.2) is 0 Å². The Balaban J connectivity index is 0.00000127. The first-order valence-corrected chi connectivity index (χ1v) is 10.9. The van der Waals surface area contributed by atoms with Crippen LogP contribution in [0.2, 0.25) is 0 Å². The van der Waals surface area contributed by atoms with Crippen LogP contribution in [0.5, 0.6) is 0 Å². The first kappa shape index (κ1) is 20.9. The lowest BCUT2D eigenvalue weighted by Crippen LogP contribution is -2.10. The van der Waals surface area contributed by atoms with Crippen LogP contribution in [0.1, 0.15) is 55.0 Å². The van der Waals surface area contributed by atoms with Crippen molar-refractivity contribution in [2.24, 2.45) is 0 Å². The molecule has 0 bridgehead atoms. The van der Waals surface area contributed by atoms with Gasteiger partial charge in [-0.3, -0.25) is 0 Å². The molecular weight excluding hydrogens is 480 g/mol. The highest BCUT2D eigenvalue weighted by Gasteiger charge is 2.13. The molecule has 0 aliphatic rings. The second-order valence-corrected chi connectivity index (χ2v) is 9.85. The fourth-order valence-corrected chi connectivity index (χ4v) is 3.10. The van der Waals surface area contributed by atoms with Gasteiger partial charge in [-0.2, -0.15) is 0 Å². The van der Waals surface area contributed by atoms with Gasteiger partial charge in [0.05, 0.1) is 3.74 Å². The molecule has 0 spiro atoms. The molecule has 2 aromatic rings. The van der Waals surface area contributed by atoms with Crippen LogP contribution in [0.25, 0.3) is 11.1 Å². The van der Waals surface area contributed by atoms with Crippen molar-refractivity contribution in [1.29, 1.82) is 0 Å². The zero-order chi connectivity index (χ0) is 17.6. The highest BCUT2D eigenvalue weighted by atomic mass is 79.9. The Hall–Kier alpha value is -0.120. The second kappa shape index (κ2) is 9.39. The van der Waals surface area contributed by atoms with Crippen molar-refractivity contribution in [1.82, 2.24) is 0 Å². The average molecular weight is 505 g/mol. The Labute approximate surface area is 166 Å². The second-order valence-electron chi connectivity index (χ2n) is 6.22. The van der Waals surface area contributed by atoms with Gasteiger partial charge in [-0.15, -0.1) is 0 Å². The number of hydrogen-bond donors (Lipinski definition) is 0. The van der Waals surface area contributed by atoms with Gasteiger partial charge in [-0.1, -0.05) is 119 Å². The standard InChI is InChI=1S/C18H19Br3.C2H6/c1-18(2,3)16-6-4-13(5-7-16)14-8-12(11-19)9-15(10-14)17(20)21;1-2/h4-10,17H,11H2,1-3H3;1-2H3. The summed E-state index contributed by atoms with van der Waals surface area (Å²) in [5.41, 5.74) is 6.59. The molecule has 0 unspecified atom stereocenters. The third-order valence-electron chi connectivity index (χ3n) is 3.51. The van der Waals surface area contributed by atoms with Gasteiger partial charge in [-0.05, 0) is 39.3 Å². The third-order valence-corrected chi connectivity index (χ3v) is 5.21. The molecule has 0 fully saturated rings. The highest BCUT2D eigenvalue weighted by Crippen LogP contribution is 2.34. The lowest BCUT2D eigenvalue weighted by molar-refractivity contribution is 0.590. The summed E-state index contributed by atoms with van der Waals surface area (Å²) in [5.74, 6) is 0. The molecule has 126 valence electrons. The van der Waals surface area contributed by atoms with E-state index in [0.29, 0.717) is 0 Å². The van der Waals surface area contributed by atoms with Gasteiger partial charge in [0, 0.05) is 5.33 Å². The van der Waals surface area contributed by atoms with E-state index < -0.39 is 0 Å². The zero-order valence-electron chi connectivity index (χ0n) is 14.5. The Kier molecular flexibility index (Phi) is 8.54. The normalized spacial score (nSPS) is 11.2. The van der Waals surface area contributed by atoms with Crippen LogP contribution in [0, 0.1) is 0 Å². The van der Waals surface area contributed by atoms with E-state index in [0.717, 1.165) is 5.33 Å². The molecular formula is C20H25Br3. The molecule has 0 saturated carbocycles. The van der Waals surface area contributed by atoms with Gasteiger partial charge in [0.25, 0.3) is 0 Å². The number of benzene rings is 2. The Morgan fingerprint density at radius 2 is 1.43 bits per heavy atom. The number of alkyl halides is 3. The Bertz CT molecular complexity index is 608. The quantitative estimate of drug-likeness (QED) is 0.368. The van der Waals surface area contributed by atoms with Crippen LogP contribution >= 0.6 is 47.8 Å². The predicted molar refractivity (Wildman–Crippen MR) is 115 cm³/mol. The maximum Gasteiger partial charge on any atom is 0.0946 e. The molecule has 0 heterocycles. The fraction of sp³-hybridized carbons (Fsp3) is 0.400. The lowest BCUT2D eigenvalue weighted by atomic mass is 9.86. The molecule has 3 heteroatoms. The molecule has 0 aliphatic carbocycles. The average Bonchev–Trinajstić information content (AvgIpc) is 2.55. The minimum atomic E-state index is 0.177. The largest absolute Gasteiger partial charge is 0.0946 e. The van der Waals surface area contributed by atoms with E-state index in [-0.39, 0.29) is 9.15 Å². The summed E-state index contributed by atoms with van der Waals surface area (Å²) in [4.78, 5) is 0. The zero-order valence-corrected chi connectivity index (χ0v) is 19.2. The molecule has 0 aromatic heterocycles. The van der Waals surface area contributed by atoms with Gasteiger partial charge in [0.1, 0.15) is 0 Å². The maximum absolute atomic E-state index is 3.59. The van der Waals surface area contributed by atoms with Crippen LogP contribution in [0.3, 0.4) is 0 Å². The van der Waals surface area contributed by atoms with Gasteiger partial charge < -0.3 is 0 Å². The molecule has 0 amide bonds. The van der Waals surface area contributed by atoms with Crippen molar-refractivity contribution in [3.8, 4) is 11.1 Å². The molecule has 0 saturated heterocycles. The summed E-state index contributed by atoms with van der Waals surface area (Å²) in [6.07, 6.45) is 0. The van der Waals surface area contributed by atoms with E-state index in [1.165, 1.54) is 27.8 Å². The van der Waals surface area contributed by atoms with Crippen LogP contribution in [-0.2, 0) is 10.7 Å². The molecule has 0 aliphatic heterocycles. The molecule has 2 aromatic carbocycles. The van der Waals surface area contributed by atoms with Crippen LogP contribution in [0.15, 0.2) is 42.5 Å². The topological polar surface area (TPSA) is 0 Å². The molecule has 2 rings (SSSR count). The summed E-state index contributed by atoms with van der Waals surface area (Å²) in [5, 5.41) is 0.862. The number of halogens is 3. The van der Waals surface area contributed by atoms with Crippen molar-refractivity contribution >= 4 is 47.8 Å². The van der Waals surface area contributed by atoms with Crippen LogP contribution in [-0.4, -0.2) is 0 Å². The number of hydrogen-bond acceptors (Lipinski definition) is 0. The summed E-state index contributed by atoms with van der Waals surface area (Å²) in [7, 11) is 0. The van der Waals surface area contributed by atoms with Gasteiger partial charge >= 0.3 is 0 Å². The minimum absolute atomic E-state index is 0.177. The van der Waals surface area contributed by atoms with E-state index >= 15 is 0 Å². The minimum Gasteiger partial charge on any atom is -0.0876 e. The molecule has 0 nitrogen and oxygen atoms in total. The van der Waals surface area contributed by atoms with E-state index in [1.807, 2.05) is 13.8 Å². The number of rotatable bonds is 3. The summed E-state index contributed by atoms with van der Waals surface area (Å²) in [6.45, 7) is 10.7. The SMILES string of the molecule is CC.CC(C)(C)c1ccc(-c2cc(CBr)cc(C(Br)Br)c2)cc1. The van der Waals surface area contributed by atoms with E-state index in [4.69, 9.17) is 0 Å². The highest BCUT2D eigenvalue weighted by molar-refractivity contribution is 9.24. The van der Waals surface area contributed by atoms with E-state index in [2.05, 4.69) is 111 Å². The molecule has 23 heavy (non-hydrogen) atoms. The summed E-state index contributed by atoms with van der Waals surface area (Å²) >= 11 is 10.7. The Morgan fingerprint density at radius 3 is 1.87 bits per heavy atom. The third kappa shape index (κ3) is 6.03. The Morgan fingerprint density at radius 1 is 0.870 bits per heavy atom. The van der Waals surface area contributed by atoms with Crippen molar-refractivity contribution in [2.45, 2.75) is 49.1 Å². The monoisotopic (exact) mass is 502 g/mol.